The van der Waals surface area contributed by atoms with Gasteiger partial charge in [-0.1, -0.05) is 23.7 Å². The second-order valence-corrected chi connectivity index (χ2v) is 4.62. The fraction of sp³-hybridized carbons (Fsp3) is 0.214. The second kappa shape index (κ2) is 5.72. The van der Waals surface area contributed by atoms with Crippen molar-refractivity contribution in [1.29, 1.82) is 5.26 Å². The Morgan fingerprint density at radius 3 is 2.50 bits per heavy atom. The average molecular weight is 260 g/mol. The summed E-state index contributed by atoms with van der Waals surface area (Å²) in [4.78, 5) is 0. The molecular formula is C14H14ClN3. The van der Waals surface area contributed by atoms with E-state index in [0.29, 0.717) is 5.69 Å². The number of nitrogens with zero attached hydrogens (tertiary/aromatic N) is 2. The highest BCUT2D eigenvalue weighted by molar-refractivity contribution is 6.30. The van der Waals surface area contributed by atoms with Gasteiger partial charge in [0.2, 0.25) is 0 Å². The maximum atomic E-state index is 8.86. The number of halogens is 1. The number of nitrogens with one attached hydrogen (secondary N) is 1. The van der Waals surface area contributed by atoms with Crippen LogP contribution in [0.4, 0.5) is 0 Å². The van der Waals surface area contributed by atoms with Crippen LogP contribution >= 0.6 is 11.6 Å². The van der Waals surface area contributed by atoms with Crippen LogP contribution in [0.25, 0.3) is 0 Å². The number of hydrogen-bond acceptors (Lipinski definition) is 2. The first-order valence-electron chi connectivity index (χ1n) is 5.69. The van der Waals surface area contributed by atoms with E-state index in [2.05, 4.69) is 11.4 Å². The van der Waals surface area contributed by atoms with Gasteiger partial charge in [0.1, 0.15) is 11.8 Å². The van der Waals surface area contributed by atoms with Crippen LogP contribution in [-0.4, -0.2) is 4.57 Å². The topological polar surface area (TPSA) is 40.8 Å². The van der Waals surface area contributed by atoms with E-state index in [9.17, 15) is 0 Å². The fourth-order valence-corrected chi connectivity index (χ4v) is 1.92. The third kappa shape index (κ3) is 3.13. The Labute approximate surface area is 112 Å². The lowest BCUT2D eigenvalue weighted by Crippen LogP contribution is -2.12. The summed E-state index contributed by atoms with van der Waals surface area (Å²) < 4.78 is 1.83. The third-order valence-corrected chi connectivity index (χ3v) is 3.00. The lowest BCUT2D eigenvalue weighted by atomic mass is 10.2. The van der Waals surface area contributed by atoms with Crippen LogP contribution in [-0.2, 0) is 20.1 Å². The first-order chi connectivity index (χ1) is 8.69. The molecule has 0 aliphatic rings. The van der Waals surface area contributed by atoms with Crippen molar-refractivity contribution in [1.82, 2.24) is 9.88 Å². The Balaban J connectivity index is 1.88. The molecule has 4 heteroatoms. The molecule has 0 radical (unpaired) electrons. The van der Waals surface area contributed by atoms with Gasteiger partial charge in [0.15, 0.2) is 0 Å². The molecule has 0 atom stereocenters. The van der Waals surface area contributed by atoms with Crippen LogP contribution in [0.1, 0.15) is 16.8 Å². The molecule has 0 aliphatic carbocycles. The van der Waals surface area contributed by atoms with Gasteiger partial charge in [-0.25, -0.2) is 0 Å². The van der Waals surface area contributed by atoms with E-state index in [1.165, 1.54) is 5.56 Å². The molecule has 0 aliphatic heterocycles. The van der Waals surface area contributed by atoms with Crippen molar-refractivity contribution in [2.45, 2.75) is 13.1 Å². The average Bonchev–Trinajstić information content (AvgIpc) is 2.72. The van der Waals surface area contributed by atoms with Crippen LogP contribution in [0, 0.1) is 11.3 Å². The van der Waals surface area contributed by atoms with Crippen LogP contribution in [0.5, 0.6) is 0 Å². The van der Waals surface area contributed by atoms with E-state index in [4.69, 9.17) is 16.9 Å². The van der Waals surface area contributed by atoms with Crippen LogP contribution in [0.2, 0.25) is 5.02 Å². The molecule has 2 aromatic rings. The summed E-state index contributed by atoms with van der Waals surface area (Å²) in [6, 6.07) is 11.8. The zero-order valence-corrected chi connectivity index (χ0v) is 10.9. The van der Waals surface area contributed by atoms with E-state index in [1.54, 1.807) is 0 Å². The highest BCUT2D eigenvalue weighted by Crippen LogP contribution is 2.10. The third-order valence-electron chi connectivity index (χ3n) is 2.75. The van der Waals surface area contributed by atoms with Gasteiger partial charge in [-0.3, -0.25) is 0 Å². The lowest BCUT2D eigenvalue weighted by Gasteiger charge is -2.03. The van der Waals surface area contributed by atoms with E-state index in [0.717, 1.165) is 23.7 Å². The highest BCUT2D eigenvalue weighted by atomic mass is 35.5. The number of rotatable bonds is 4. The van der Waals surface area contributed by atoms with Gasteiger partial charge in [-0.05, 0) is 29.3 Å². The number of aryl methyl sites for hydroxylation is 1. The van der Waals surface area contributed by atoms with Gasteiger partial charge < -0.3 is 9.88 Å². The van der Waals surface area contributed by atoms with Crippen molar-refractivity contribution in [3.05, 3.63) is 58.4 Å². The Kier molecular flexibility index (Phi) is 4.03. The van der Waals surface area contributed by atoms with Crippen molar-refractivity contribution in [2.24, 2.45) is 7.05 Å². The van der Waals surface area contributed by atoms with Crippen molar-refractivity contribution in [3.63, 3.8) is 0 Å². The van der Waals surface area contributed by atoms with Crippen LogP contribution < -0.4 is 5.32 Å². The number of benzene rings is 1. The second-order valence-electron chi connectivity index (χ2n) is 4.19. The van der Waals surface area contributed by atoms with Gasteiger partial charge >= 0.3 is 0 Å². The molecule has 18 heavy (non-hydrogen) atoms. The molecule has 0 saturated carbocycles. The maximum Gasteiger partial charge on any atom is 0.120 e. The monoisotopic (exact) mass is 259 g/mol. The maximum absolute atomic E-state index is 8.86. The number of hydrogen-bond donors (Lipinski definition) is 1. The summed E-state index contributed by atoms with van der Waals surface area (Å²) in [6.45, 7) is 1.53. The molecule has 1 heterocycles. The van der Waals surface area contributed by atoms with Crippen LogP contribution in [0.3, 0.4) is 0 Å². The normalized spacial score (nSPS) is 10.3. The fourth-order valence-electron chi connectivity index (χ4n) is 1.79. The smallest absolute Gasteiger partial charge is 0.120 e. The molecule has 1 aromatic carbocycles. The zero-order valence-electron chi connectivity index (χ0n) is 10.2. The SMILES string of the molecule is Cn1cc(CNCc2ccc(Cl)cc2)cc1C#N. The molecule has 0 spiro atoms. The minimum Gasteiger partial charge on any atom is -0.342 e. The van der Waals surface area contributed by atoms with Crippen molar-refractivity contribution >= 4 is 11.6 Å². The van der Waals surface area contributed by atoms with E-state index in [1.807, 2.05) is 48.1 Å². The van der Waals surface area contributed by atoms with Gasteiger partial charge in [-0.15, -0.1) is 0 Å². The predicted octanol–water partition coefficient (Wildman–Crippen LogP) is 2.84. The van der Waals surface area contributed by atoms with Crippen LogP contribution in [0.15, 0.2) is 36.5 Å². The van der Waals surface area contributed by atoms with E-state index in [-0.39, 0.29) is 0 Å². The highest BCUT2D eigenvalue weighted by Gasteiger charge is 2.01. The molecular weight excluding hydrogens is 246 g/mol. The molecule has 0 unspecified atom stereocenters. The molecule has 0 fully saturated rings. The first kappa shape index (κ1) is 12.7. The summed E-state index contributed by atoms with van der Waals surface area (Å²) in [7, 11) is 1.88. The summed E-state index contributed by atoms with van der Waals surface area (Å²) in [6.07, 6.45) is 1.97. The molecule has 2 rings (SSSR count). The molecule has 1 N–H and O–H groups in total. The van der Waals surface area contributed by atoms with Crippen molar-refractivity contribution in [2.75, 3.05) is 0 Å². The number of nitriles is 1. The molecule has 3 nitrogen and oxygen atoms in total. The Hall–Kier alpha value is -1.76. The Morgan fingerprint density at radius 1 is 1.22 bits per heavy atom. The standard InChI is InChI=1S/C14H14ClN3/c1-18-10-12(6-14(18)7-16)9-17-8-11-2-4-13(15)5-3-11/h2-6,10,17H,8-9H2,1H3. The quantitative estimate of drug-likeness (QED) is 0.917. The van der Waals surface area contributed by atoms with Gasteiger partial charge in [0, 0.05) is 31.4 Å². The molecule has 1 aromatic heterocycles. The van der Waals surface area contributed by atoms with Gasteiger partial charge in [-0.2, -0.15) is 5.26 Å². The Bertz CT molecular complexity index is 564. The first-order valence-corrected chi connectivity index (χ1v) is 6.07. The van der Waals surface area contributed by atoms with Gasteiger partial charge in [0.05, 0.1) is 0 Å². The van der Waals surface area contributed by atoms with E-state index >= 15 is 0 Å². The minimum absolute atomic E-state index is 0.679. The predicted molar refractivity (Wildman–Crippen MR) is 72.1 cm³/mol. The van der Waals surface area contributed by atoms with Crippen molar-refractivity contribution in [3.8, 4) is 6.07 Å². The van der Waals surface area contributed by atoms with Crippen molar-refractivity contribution < 1.29 is 0 Å². The Morgan fingerprint density at radius 2 is 1.89 bits per heavy atom. The summed E-state index contributed by atoms with van der Waals surface area (Å²) in [5.74, 6) is 0. The zero-order chi connectivity index (χ0) is 13.0. The molecule has 0 bridgehead atoms. The minimum atomic E-state index is 0.679. The molecule has 0 amide bonds. The summed E-state index contributed by atoms with van der Waals surface area (Å²) >= 11 is 5.82. The number of aromatic nitrogens is 1. The summed E-state index contributed by atoms with van der Waals surface area (Å²) in [5, 5.41) is 12.9. The molecule has 92 valence electrons. The largest absolute Gasteiger partial charge is 0.342 e. The van der Waals surface area contributed by atoms with E-state index < -0.39 is 0 Å². The lowest BCUT2D eigenvalue weighted by molar-refractivity contribution is 0.692. The summed E-state index contributed by atoms with van der Waals surface area (Å²) in [5.41, 5.74) is 2.98. The van der Waals surface area contributed by atoms with Gasteiger partial charge in [0.25, 0.3) is 0 Å². The molecule has 0 saturated heterocycles.